The lowest BCUT2D eigenvalue weighted by Gasteiger charge is -2.58. The van der Waals surface area contributed by atoms with Crippen molar-refractivity contribution in [1.29, 1.82) is 0 Å². The third-order valence-corrected chi connectivity index (χ3v) is 7.86. The number of nitrogens with one attached hydrogen (secondary N) is 2. The summed E-state index contributed by atoms with van der Waals surface area (Å²) in [6, 6.07) is 10.5. The molecule has 7 heteroatoms. The molecule has 1 aromatic carbocycles. The summed E-state index contributed by atoms with van der Waals surface area (Å²) in [5.41, 5.74) is 1.66. The largest absolute Gasteiger partial charge is 0.391 e. The summed E-state index contributed by atoms with van der Waals surface area (Å²) in [4.78, 5) is 11.3. The van der Waals surface area contributed by atoms with Crippen LogP contribution in [0.3, 0.4) is 0 Å². The lowest BCUT2D eigenvalue weighted by Crippen LogP contribution is -2.59. The molecule has 5 fully saturated rings. The molecule has 5 aliphatic rings. The molecule has 0 spiro atoms. The number of nitrogens with zero attached hydrogens (tertiary/aromatic N) is 3. The molecule has 164 valence electrons. The fourth-order valence-electron chi connectivity index (χ4n) is 6.75. The highest BCUT2D eigenvalue weighted by Gasteiger charge is 2.54. The average molecular weight is 422 g/mol. The van der Waals surface area contributed by atoms with Gasteiger partial charge in [-0.1, -0.05) is 0 Å². The van der Waals surface area contributed by atoms with Crippen LogP contribution in [0.4, 0.5) is 23.1 Å². The molecular formula is C24H31N5O2. The molecule has 3 atom stereocenters. The van der Waals surface area contributed by atoms with Gasteiger partial charge in [-0.3, -0.25) is 0 Å². The Kier molecular flexibility index (Phi) is 4.58. The topological polar surface area (TPSA) is 93.5 Å². The molecule has 31 heavy (non-hydrogen) atoms. The van der Waals surface area contributed by atoms with Crippen molar-refractivity contribution in [3.63, 3.8) is 0 Å². The van der Waals surface area contributed by atoms with Crippen LogP contribution in [0, 0.1) is 17.8 Å². The Morgan fingerprint density at radius 1 is 1.03 bits per heavy atom. The summed E-state index contributed by atoms with van der Waals surface area (Å²) < 4.78 is 0. The summed E-state index contributed by atoms with van der Waals surface area (Å²) in [5, 5.41) is 27.6. The normalized spacial score (nSPS) is 36.1. The molecule has 4 N–H and O–H groups in total. The number of rotatable bonds is 5. The smallest absolute Gasteiger partial charge is 0.229 e. The van der Waals surface area contributed by atoms with E-state index < -0.39 is 5.60 Å². The third-order valence-electron chi connectivity index (χ3n) is 7.86. The van der Waals surface area contributed by atoms with Gasteiger partial charge in [0.1, 0.15) is 5.82 Å². The van der Waals surface area contributed by atoms with Crippen LogP contribution >= 0.6 is 0 Å². The summed E-state index contributed by atoms with van der Waals surface area (Å²) in [6.07, 6.45) is 7.71. The molecular weight excluding hydrogens is 390 g/mol. The molecule has 2 aromatic rings. The maximum absolute atomic E-state index is 10.8. The molecule has 0 amide bonds. The monoisotopic (exact) mass is 421 g/mol. The number of aliphatic hydroxyl groups excluding tert-OH is 1. The standard InChI is InChI=1S/C24H31N5O2/c30-20-6-8-29(14-20)19-3-1-18(2-4-19)26-23-25-7-5-21(28-23)27-22-16-9-15-10-17(22)13-24(31,11-15)12-16/h1-5,7,15-17,20,22,30-31H,6,8-14H2,(H2,25,26,27,28)/t15?,16?,17?,20?,22-,24-. The Bertz CT molecular complexity index is 935. The van der Waals surface area contributed by atoms with Crippen LogP contribution in [-0.2, 0) is 0 Å². The Morgan fingerprint density at radius 3 is 2.48 bits per heavy atom. The highest BCUT2D eigenvalue weighted by molar-refractivity contribution is 5.60. The molecule has 2 heterocycles. The van der Waals surface area contributed by atoms with E-state index in [0.29, 0.717) is 36.3 Å². The second-order valence-corrected chi connectivity index (χ2v) is 10.2. The summed E-state index contributed by atoms with van der Waals surface area (Å²) in [7, 11) is 0. The van der Waals surface area contributed by atoms with Gasteiger partial charge in [-0.05, 0) is 86.6 Å². The summed E-state index contributed by atoms with van der Waals surface area (Å²) in [6.45, 7) is 1.59. The van der Waals surface area contributed by atoms with E-state index in [0.717, 1.165) is 49.4 Å². The van der Waals surface area contributed by atoms with Crippen molar-refractivity contribution in [2.45, 2.75) is 56.3 Å². The van der Waals surface area contributed by atoms with E-state index in [2.05, 4.69) is 32.7 Å². The highest BCUT2D eigenvalue weighted by atomic mass is 16.3. The maximum Gasteiger partial charge on any atom is 0.229 e. The fourth-order valence-corrected chi connectivity index (χ4v) is 6.75. The minimum absolute atomic E-state index is 0.223. The van der Waals surface area contributed by atoms with Crippen LogP contribution in [0.1, 0.15) is 38.5 Å². The summed E-state index contributed by atoms with van der Waals surface area (Å²) in [5.74, 6) is 3.22. The van der Waals surface area contributed by atoms with E-state index >= 15 is 0 Å². The molecule has 1 aliphatic heterocycles. The number of hydrogen-bond donors (Lipinski definition) is 4. The average Bonchev–Trinajstić information content (AvgIpc) is 3.17. The number of hydrogen-bond acceptors (Lipinski definition) is 7. The quantitative estimate of drug-likeness (QED) is 0.589. The Morgan fingerprint density at radius 2 is 1.81 bits per heavy atom. The van der Waals surface area contributed by atoms with Gasteiger partial charge in [-0.2, -0.15) is 4.98 Å². The van der Waals surface area contributed by atoms with Gasteiger partial charge in [0, 0.05) is 36.7 Å². The van der Waals surface area contributed by atoms with Gasteiger partial charge in [-0.25, -0.2) is 4.98 Å². The zero-order chi connectivity index (χ0) is 21.0. The molecule has 4 aliphatic carbocycles. The van der Waals surface area contributed by atoms with E-state index in [4.69, 9.17) is 4.98 Å². The van der Waals surface area contributed by atoms with Gasteiger partial charge in [0.2, 0.25) is 5.95 Å². The molecule has 0 radical (unpaired) electrons. The minimum Gasteiger partial charge on any atom is -0.391 e. The van der Waals surface area contributed by atoms with Gasteiger partial charge >= 0.3 is 0 Å². The fraction of sp³-hybridized carbons (Fsp3) is 0.583. The van der Waals surface area contributed by atoms with Gasteiger partial charge in [-0.15, -0.1) is 0 Å². The molecule has 3 unspecified atom stereocenters. The van der Waals surface area contributed by atoms with E-state index in [1.54, 1.807) is 6.20 Å². The SMILES string of the molecule is OC1CCN(c2ccc(Nc3nccc(N[C@H]4C5CC6CC4C[C@](O)(C6)C5)n3)cc2)C1. The van der Waals surface area contributed by atoms with Crippen molar-refractivity contribution in [1.82, 2.24) is 9.97 Å². The Hall–Kier alpha value is -2.38. The minimum atomic E-state index is -0.410. The molecule has 4 saturated carbocycles. The van der Waals surface area contributed by atoms with Gasteiger partial charge < -0.3 is 25.7 Å². The first kappa shape index (κ1) is 19.3. The van der Waals surface area contributed by atoms with E-state index in [-0.39, 0.29) is 6.10 Å². The van der Waals surface area contributed by atoms with E-state index in [9.17, 15) is 10.2 Å². The van der Waals surface area contributed by atoms with Crippen LogP contribution in [0.5, 0.6) is 0 Å². The molecule has 1 saturated heterocycles. The zero-order valence-corrected chi connectivity index (χ0v) is 17.7. The second-order valence-electron chi connectivity index (χ2n) is 10.2. The van der Waals surface area contributed by atoms with Crippen molar-refractivity contribution >= 4 is 23.1 Å². The molecule has 4 bridgehead atoms. The van der Waals surface area contributed by atoms with Crippen LogP contribution in [-0.4, -0.2) is 51.0 Å². The Labute approximate surface area is 182 Å². The van der Waals surface area contributed by atoms with E-state index in [1.807, 2.05) is 18.2 Å². The Balaban J connectivity index is 1.12. The number of anilines is 4. The van der Waals surface area contributed by atoms with Crippen LogP contribution < -0.4 is 15.5 Å². The third kappa shape index (κ3) is 3.74. The second kappa shape index (κ2) is 7.35. The number of β-amino-alcohol motifs (C(OH)–C–C–N with tert-alkyl or cyclic N) is 1. The molecule has 7 rings (SSSR count). The van der Waals surface area contributed by atoms with Crippen molar-refractivity contribution < 1.29 is 10.2 Å². The van der Waals surface area contributed by atoms with Crippen molar-refractivity contribution in [3.05, 3.63) is 36.5 Å². The van der Waals surface area contributed by atoms with Crippen molar-refractivity contribution in [2.75, 3.05) is 28.6 Å². The zero-order valence-electron chi connectivity index (χ0n) is 17.7. The van der Waals surface area contributed by atoms with Crippen molar-refractivity contribution in [2.24, 2.45) is 17.8 Å². The van der Waals surface area contributed by atoms with Gasteiger partial charge in [0.05, 0.1) is 11.7 Å². The first-order chi connectivity index (χ1) is 15.0. The lowest BCUT2D eigenvalue weighted by atomic mass is 9.52. The number of aliphatic hydroxyl groups is 2. The molecule has 1 aromatic heterocycles. The first-order valence-corrected chi connectivity index (χ1v) is 11.7. The number of aromatic nitrogens is 2. The number of benzene rings is 1. The maximum atomic E-state index is 10.8. The van der Waals surface area contributed by atoms with Crippen LogP contribution in [0.2, 0.25) is 0 Å². The van der Waals surface area contributed by atoms with Gasteiger partial charge in [0.25, 0.3) is 0 Å². The highest BCUT2D eigenvalue weighted by Crippen LogP contribution is 2.56. The lowest BCUT2D eigenvalue weighted by molar-refractivity contribution is -0.129. The molecule has 7 nitrogen and oxygen atoms in total. The first-order valence-electron chi connectivity index (χ1n) is 11.7. The van der Waals surface area contributed by atoms with Crippen molar-refractivity contribution in [3.8, 4) is 0 Å². The predicted molar refractivity (Wildman–Crippen MR) is 121 cm³/mol. The van der Waals surface area contributed by atoms with E-state index in [1.165, 1.54) is 12.8 Å². The van der Waals surface area contributed by atoms with Crippen LogP contribution in [0.25, 0.3) is 0 Å². The van der Waals surface area contributed by atoms with Crippen LogP contribution in [0.15, 0.2) is 36.5 Å². The summed E-state index contributed by atoms with van der Waals surface area (Å²) >= 11 is 0. The predicted octanol–water partition coefficient (Wildman–Crippen LogP) is 3.14. The van der Waals surface area contributed by atoms with Gasteiger partial charge in [0.15, 0.2) is 0 Å².